The van der Waals surface area contributed by atoms with Gasteiger partial charge in [0.05, 0.1) is 0 Å². The summed E-state index contributed by atoms with van der Waals surface area (Å²) in [5, 5.41) is 3.56. The maximum absolute atomic E-state index is 3.56. The van der Waals surface area contributed by atoms with Gasteiger partial charge in [0.25, 0.3) is 0 Å². The molecule has 1 unspecified atom stereocenters. The van der Waals surface area contributed by atoms with E-state index in [9.17, 15) is 0 Å². The standard InChI is InChI=1S/C19H34N2/c1-21(18-3-2-6-20-7-4-18)8-5-19-12-15-9-16(13-19)11-17(10-15)14-19/h15-18,20H,2-14H2,1H3. The predicted octanol–water partition coefficient (Wildman–Crippen LogP) is 3.67. The average Bonchev–Trinajstić information content (AvgIpc) is 2.72. The summed E-state index contributed by atoms with van der Waals surface area (Å²) in [6, 6.07) is 0.842. The van der Waals surface area contributed by atoms with E-state index in [1.807, 2.05) is 0 Å². The van der Waals surface area contributed by atoms with Gasteiger partial charge in [-0.2, -0.15) is 0 Å². The first kappa shape index (κ1) is 14.5. The molecule has 0 aromatic carbocycles. The molecule has 1 aliphatic heterocycles. The fourth-order valence-corrected chi connectivity index (χ4v) is 6.63. The number of nitrogens with one attached hydrogen (secondary N) is 1. The summed E-state index contributed by atoms with van der Waals surface area (Å²) in [4.78, 5) is 2.71. The molecule has 0 spiro atoms. The Hall–Kier alpha value is -0.0800. The van der Waals surface area contributed by atoms with Crippen LogP contribution in [0.3, 0.4) is 0 Å². The molecule has 5 rings (SSSR count). The second-order valence-electron chi connectivity index (χ2n) is 8.98. The van der Waals surface area contributed by atoms with Crippen molar-refractivity contribution in [1.29, 1.82) is 0 Å². The van der Waals surface area contributed by atoms with Crippen LogP contribution in [0.4, 0.5) is 0 Å². The van der Waals surface area contributed by atoms with Gasteiger partial charge < -0.3 is 10.2 Å². The molecule has 120 valence electrons. The highest BCUT2D eigenvalue weighted by Crippen LogP contribution is 2.61. The fraction of sp³-hybridized carbons (Fsp3) is 1.00. The minimum Gasteiger partial charge on any atom is -0.317 e. The van der Waals surface area contributed by atoms with Crippen molar-refractivity contribution >= 4 is 0 Å². The van der Waals surface area contributed by atoms with Gasteiger partial charge in [0.2, 0.25) is 0 Å². The second kappa shape index (κ2) is 5.85. The highest BCUT2D eigenvalue weighted by molar-refractivity contribution is 5.01. The Kier molecular flexibility index (Phi) is 4.04. The maximum atomic E-state index is 3.56. The zero-order valence-corrected chi connectivity index (χ0v) is 13.9. The molecule has 0 aromatic heterocycles. The molecule has 0 amide bonds. The molecule has 4 saturated carbocycles. The lowest BCUT2D eigenvalue weighted by atomic mass is 9.49. The summed E-state index contributed by atoms with van der Waals surface area (Å²) >= 11 is 0. The van der Waals surface area contributed by atoms with Gasteiger partial charge in [0.1, 0.15) is 0 Å². The highest BCUT2D eigenvalue weighted by atomic mass is 15.1. The number of nitrogens with zero attached hydrogens (tertiary/aromatic N) is 1. The second-order valence-corrected chi connectivity index (χ2v) is 8.98. The molecule has 1 heterocycles. The average molecular weight is 290 g/mol. The number of hydrogen-bond acceptors (Lipinski definition) is 2. The van der Waals surface area contributed by atoms with Crippen molar-refractivity contribution in [1.82, 2.24) is 10.2 Å². The topological polar surface area (TPSA) is 15.3 Å². The molecule has 0 radical (unpaired) electrons. The third kappa shape index (κ3) is 3.03. The van der Waals surface area contributed by atoms with Crippen molar-refractivity contribution in [3.05, 3.63) is 0 Å². The first-order chi connectivity index (χ1) is 10.2. The maximum Gasteiger partial charge on any atom is 0.0105 e. The molecule has 2 heteroatoms. The van der Waals surface area contributed by atoms with E-state index in [2.05, 4.69) is 17.3 Å². The van der Waals surface area contributed by atoms with Gasteiger partial charge in [-0.3, -0.25) is 0 Å². The van der Waals surface area contributed by atoms with Crippen molar-refractivity contribution in [2.75, 3.05) is 26.7 Å². The lowest BCUT2D eigenvalue weighted by Gasteiger charge is -2.57. The largest absolute Gasteiger partial charge is 0.317 e. The van der Waals surface area contributed by atoms with Crippen LogP contribution in [0.1, 0.15) is 64.2 Å². The van der Waals surface area contributed by atoms with Gasteiger partial charge in [-0.15, -0.1) is 0 Å². The molecule has 1 N–H and O–H groups in total. The minimum absolute atomic E-state index is 0.770. The van der Waals surface area contributed by atoms with Crippen LogP contribution in [0.2, 0.25) is 0 Å². The Balaban J connectivity index is 1.33. The lowest BCUT2D eigenvalue weighted by Crippen LogP contribution is -2.47. The predicted molar refractivity (Wildman–Crippen MR) is 88.4 cm³/mol. The van der Waals surface area contributed by atoms with E-state index in [1.165, 1.54) is 45.3 Å². The molecule has 2 nitrogen and oxygen atoms in total. The van der Waals surface area contributed by atoms with Crippen LogP contribution in [-0.4, -0.2) is 37.6 Å². The first-order valence-electron chi connectivity index (χ1n) is 9.63. The van der Waals surface area contributed by atoms with E-state index in [-0.39, 0.29) is 0 Å². The van der Waals surface area contributed by atoms with E-state index in [4.69, 9.17) is 0 Å². The summed E-state index contributed by atoms with van der Waals surface area (Å²) in [7, 11) is 2.40. The van der Waals surface area contributed by atoms with Crippen molar-refractivity contribution < 1.29 is 0 Å². The molecule has 4 aliphatic carbocycles. The van der Waals surface area contributed by atoms with Crippen molar-refractivity contribution in [2.24, 2.45) is 23.2 Å². The summed E-state index contributed by atoms with van der Waals surface area (Å²) in [6.07, 6.45) is 15.1. The lowest BCUT2D eigenvalue weighted by molar-refractivity contribution is -0.0615. The SMILES string of the molecule is CN(CCC12CC3CC(CC(C3)C1)C2)C1CCCNCC1. The minimum atomic E-state index is 0.770. The van der Waals surface area contributed by atoms with E-state index in [0.717, 1.165) is 29.2 Å². The molecule has 5 fully saturated rings. The molecule has 0 aromatic rings. The van der Waals surface area contributed by atoms with Gasteiger partial charge in [-0.05, 0) is 114 Å². The van der Waals surface area contributed by atoms with Gasteiger partial charge in [0.15, 0.2) is 0 Å². The molecular weight excluding hydrogens is 256 g/mol. The van der Waals surface area contributed by atoms with Crippen LogP contribution in [-0.2, 0) is 0 Å². The Morgan fingerprint density at radius 1 is 0.952 bits per heavy atom. The summed E-state index contributed by atoms with van der Waals surface area (Å²) in [5.74, 6) is 3.34. The van der Waals surface area contributed by atoms with Crippen LogP contribution in [0, 0.1) is 23.2 Å². The smallest absolute Gasteiger partial charge is 0.0105 e. The first-order valence-corrected chi connectivity index (χ1v) is 9.63. The van der Waals surface area contributed by atoms with Crippen molar-refractivity contribution in [3.63, 3.8) is 0 Å². The van der Waals surface area contributed by atoms with Gasteiger partial charge >= 0.3 is 0 Å². The monoisotopic (exact) mass is 290 g/mol. The molecule has 1 saturated heterocycles. The number of hydrogen-bond donors (Lipinski definition) is 1. The van der Waals surface area contributed by atoms with Crippen molar-refractivity contribution in [2.45, 2.75) is 70.3 Å². The zero-order chi connectivity index (χ0) is 14.3. The Morgan fingerprint density at radius 3 is 2.29 bits per heavy atom. The van der Waals surface area contributed by atoms with E-state index in [0.29, 0.717) is 0 Å². The van der Waals surface area contributed by atoms with Crippen LogP contribution in [0.5, 0.6) is 0 Å². The van der Waals surface area contributed by atoms with Gasteiger partial charge in [-0.25, -0.2) is 0 Å². The van der Waals surface area contributed by atoms with Crippen LogP contribution >= 0.6 is 0 Å². The van der Waals surface area contributed by atoms with E-state index >= 15 is 0 Å². The number of rotatable bonds is 4. The van der Waals surface area contributed by atoms with Crippen LogP contribution in [0.15, 0.2) is 0 Å². The third-order valence-electron chi connectivity index (χ3n) is 7.33. The molecule has 4 bridgehead atoms. The fourth-order valence-electron chi connectivity index (χ4n) is 6.63. The Bertz CT molecular complexity index is 321. The van der Waals surface area contributed by atoms with E-state index < -0.39 is 0 Å². The molecular formula is C19H34N2. The van der Waals surface area contributed by atoms with Gasteiger partial charge in [-0.1, -0.05) is 0 Å². The van der Waals surface area contributed by atoms with E-state index in [1.54, 1.807) is 38.5 Å². The quantitative estimate of drug-likeness (QED) is 0.850. The van der Waals surface area contributed by atoms with Crippen LogP contribution < -0.4 is 5.32 Å². The normalized spacial score (nSPS) is 46.0. The summed E-state index contributed by atoms with van der Waals surface area (Å²) in [6.45, 7) is 3.82. The third-order valence-corrected chi connectivity index (χ3v) is 7.33. The van der Waals surface area contributed by atoms with Crippen molar-refractivity contribution in [3.8, 4) is 0 Å². The molecule has 5 aliphatic rings. The molecule has 1 atom stereocenters. The summed E-state index contributed by atoms with van der Waals surface area (Å²) in [5.41, 5.74) is 0.770. The highest BCUT2D eigenvalue weighted by Gasteiger charge is 2.50. The Morgan fingerprint density at radius 2 is 1.62 bits per heavy atom. The Labute approximate surface area is 131 Å². The van der Waals surface area contributed by atoms with Crippen LogP contribution in [0.25, 0.3) is 0 Å². The molecule has 21 heavy (non-hydrogen) atoms. The van der Waals surface area contributed by atoms with Gasteiger partial charge in [0, 0.05) is 6.04 Å². The zero-order valence-electron chi connectivity index (χ0n) is 13.9. The summed E-state index contributed by atoms with van der Waals surface area (Å²) < 4.78 is 0.